The van der Waals surface area contributed by atoms with Crippen LogP contribution in [0.15, 0.2) is 90.6 Å². The molecule has 1 fully saturated rings. The standard InChI is InChI=1S/C43H58N2O8/c1-5-22-45(42(48)50-30-31-16-10-9-11-17-31)39-29-37(44-52-8-4)35-27-32(18-12-14-23-46)34(19-13-15-24-47)40-36-28-33(49-25-6-2)20-21-38(36)53-43(39,41(35)40)51-26-7-3/h6-7,9-11,16-17,20-21,27-28,32,34,39-41,46-47H,2-3,5,8,12-15,18-19,22-26,29-30H2,1,4H3. The molecule has 1 aliphatic heterocycles. The number of nitrogens with zero attached hydrogens (tertiary/aromatic N) is 2. The number of aliphatic hydroxyl groups is 2. The lowest BCUT2D eigenvalue weighted by atomic mass is 9.55. The smallest absolute Gasteiger partial charge is 0.410 e. The van der Waals surface area contributed by atoms with Crippen molar-refractivity contribution in [3.05, 3.63) is 96.6 Å². The van der Waals surface area contributed by atoms with Crippen LogP contribution in [0.5, 0.6) is 11.5 Å². The minimum absolute atomic E-state index is 0.118. The number of carbonyl (C=O) groups is 1. The summed E-state index contributed by atoms with van der Waals surface area (Å²) in [6, 6.07) is 15.0. The van der Waals surface area contributed by atoms with Crippen molar-refractivity contribution < 1.29 is 38.8 Å². The number of hydrogen-bond acceptors (Lipinski definition) is 9. The van der Waals surface area contributed by atoms with Crippen LogP contribution in [0.3, 0.4) is 0 Å². The Labute approximate surface area is 315 Å². The Bertz CT molecular complexity index is 1560. The molecule has 0 bridgehead atoms. The molecule has 2 aliphatic carbocycles. The molecule has 0 radical (unpaired) electrons. The van der Waals surface area contributed by atoms with Gasteiger partial charge in [0.25, 0.3) is 0 Å². The van der Waals surface area contributed by atoms with Gasteiger partial charge in [0.05, 0.1) is 18.2 Å². The van der Waals surface area contributed by atoms with Crippen molar-refractivity contribution in [1.29, 1.82) is 0 Å². The zero-order valence-corrected chi connectivity index (χ0v) is 31.5. The Morgan fingerprint density at radius 3 is 2.47 bits per heavy atom. The summed E-state index contributed by atoms with van der Waals surface area (Å²) in [5, 5.41) is 24.3. The maximum Gasteiger partial charge on any atom is 0.410 e. The first-order chi connectivity index (χ1) is 26.0. The first-order valence-corrected chi connectivity index (χ1v) is 19.4. The predicted octanol–water partition coefficient (Wildman–Crippen LogP) is 7.95. The van der Waals surface area contributed by atoms with E-state index in [2.05, 4.69) is 25.3 Å². The molecule has 0 spiro atoms. The number of allylic oxidation sites excluding steroid dienone is 1. The molecule has 1 heterocycles. The molecule has 6 unspecified atom stereocenters. The predicted molar refractivity (Wildman–Crippen MR) is 206 cm³/mol. The minimum atomic E-state index is -1.33. The maximum atomic E-state index is 14.3. The normalized spacial score (nSPS) is 24.9. The third-order valence-corrected chi connectivity index (χ3v) is 10.6. The van der Waals surface area contributed by atoms with Crippen molar-refractivity contribution in [3.63, 3.8) is 0 Å². The monoisotopic (exact) mass is 730 g/mol. The third-order valence-electron chi connectivity index (χ3n) is 10.6. The molecule has 5 rings (SSSR count). The molecule has 10 nitrogen and oxygen atoms in total. The summed E-state index contributed by atoms with van der Waals surface area (Å²) in [5.41, 5.74) is 3.65. The number of oxime groups is 1. The van der Waals surface area contributed by atoms with E-state index in [4.69, 9.17) is 28.9 Å². The number of benzene rings is 2. The molecule has 1 saturated carbocycles. The van der Waals surface area contributed by atoms with Gasteiger partial charge in [-0.25, -0.2) is 4.79 Å². The van der Waals surface area contributed by atoms with E-state index >= 15 is 0 Å². The zero-order valence-electron chi connectivity index (χ0n) is 31.5. The van der Waals surface area contributed by atoms with Crippen LogP contribution in [-0.2, 0) is 20.9 Å². The average molecular weight is 731 g/mol. The lowest BCUT2D eigenvalue weighted by molar-refractivity contribution is -0.255. The number of aliphatic hydroxyl groups excluding tert-OH is 2. The van der Waals surface area contributed by atoms with E-state index in [1.807, 2.05) is 56.3 Å². The van der Waals surface area contributed by atoms with Gasteiger partial charge in [0, 0.05) is 37.7 Å². The summed E-state index contributed by atoms with van der Waals surface area (Å²) >= 11 is 0. The topological polar surface area (TPSA) is 119 Å². The van der Waals surface area contributed by atoms with Gasteiger partial charge < -0.3 is 34.0 Å². The van der Waals surface area contributed by atoms with Gasteiger partial charge in [0.2, 0.25) is 5.79 Å². The van der Waals surface area contributed by atoms with Crippen LogP contribution in [0, 0.1) is 17.8 Å². The van der Waals surface area contributed by atoms with Crippen molar-refractivity contribution >= 4 is 11.8 Å². The highest BCUT2D eigenvalue weighted by Gasteiger charge is 2.65. The second-order valence-electron chi connectivity index (χ2n) is 14.0. The first-order valence-electron chi connectivity index (χ1n) is 19.4. The number of carbonyl (C=O) groups excluding carboxylic acids is 1. The minimum Gasteiger partial charge on any atom is -0.490 e. The fourth-order valence-corrected chi connectivity index (χ4v) is 8.45. The van der Waals surface area contributed by atoms with E-state index in [-0.39, 0.29) is 44.2 Å². The lowest BCUT2D eigenvalue weighted by Crippen LogP contribution is -2.70. The summed E-state index contributed by atoms with van der Waals surface area (Å²) in [4.78, 5) is 21.9. The third kappa shape index (κ3) is 9.16. The Morgan fingerprint density at radius 1 is 1.02 bits per heavy atom. The summed E-state index contributed by atoms with van der Waals surface area (Å²) in [5.74, 6) is -0.213. The molecule has 1 amide bonds. The lowest BCUT2D eigenvalue weighted by Gasteiger charge is -2.59. The number of rotatable bonds is 21. The van der Waals surface area contributed by atoms with E-state index in [9.17, 15) is 15.0 Å². The molecule has 2 N–H and O–H groups in total. The molecule has 53 heavy (non-hydrogen) atoms. The van der Waals surface area contributed by atoms with E-state index in [0.29, 0.717) is 56.9 Å². The number of fused-ring (bicyclic) bond motifs is 2. The summed E-state index contributed by atoms with van der Waals surface area (Å²) in [6.45, 7) is 13.5. The largest absolute Gasteiger partial charge is 0.490 e. The van der Waals surface area contributed by atoms with E-state index in [0.717, 1.165) is 48.1 Å². The van der Waals surface area contributed by atoms with Crippen molar-refractivity contribution in [1.82, 2.24) is 4.90 Å². The second kappa shape index (κ2) is 19.8. The van der Waals surface area contributed by atoms with Gasteiger partial charge in [-0.2, -0.15) is 0 Å². The van der Waals surface area contributed by atoms with Gasteiger partial charge in [-0.1, -0.05) is 80.1 Å². The quantitative estimate of drug-likeness (QED) is 0.0755. The fraction of sp³-hybridized carbons (Fsp3) is 0.535. The molecule has 3 aliphatic rings. The second-order valence-corrected chi connectivity index (χ2v) is 14.0. The van der Waals surface area contributed by atoms with Crippen LogP contribution in [0.2, 0.25) is 0 Å². The molecule has 0 aromatic heterocycles. The van der Waals surface area contributed by atoms with Crippen LogP contribution in [-0.4, -0.2) is 78.3 Å². The SMILES string of the molecule is C=CCOc1ccc2c(c1)C1C(CCCCO)C(CCCCO)C=C3C(=NOCC)CC(N(CCC)C(=O)OCc4ccccc4)C(OCC=C)(O2)C31. The van der Waals surface area contributed by atoms with Gasteiger partial charge >= 0.3 is 6.09 Å². The fourth-order valence-electron chi connectivity index (χ4n) is 8.45. The van der Waals surface area contributed by atoms with Gasteiger partial charge in [-0.15, -0.1) is 6.58 Å². The number of hydrogen-bond donors (Lipinski definition) is 2. The van der Waals surface area contributed by atoms with Crippen molar-refractivity contribution in [2.45, 2.75) is 89.6 Å². The Balaban J connectivity index is 1.72. The van der Waals surface area contributed by atoms with Crippen LogP contribution in [0.1, 0.15) is 82.3 Å². The molecular formula is C43H58N2O8. The van der Waals surface area contributed by atoms with E-state index in [1.54, 1.807) is 17.1 Å². The van der Waals surface area contributed by atoms with Crippen LogP contribution in [0.25, 0.3) is 0 Å². The Kier molecular flexibility index (Phi) is 15.0. The molecule has 2 aromatic carbocycles. The Hall–Kier alpha value is -4.12. The summed E-state index contributed by atoms with van der Waals surface area (Å²) < 4.78 is 26.3. The van der Waals surface area contributed by atoms with Crippen molar-refractivity contribution in [3.8, 4) is 11.5 Å². The molecule has 0 saturated heterocycles. The highest BCUT2D eigenvalue weighted by Crippen LogP contribution is 2.62. The molecule has 10 heteroatoms. The highest BCUT2D eigenvalue weighted by atomic mass is 16.7. The molecule has 2 aromatic rings. The number of ether oxygens (including phenoxy) is 4. The summed E-state index contributed by atoms with van der Waals surface area (Å²) in [6.07, 6.45) is 11.2. The molecule has 288 valence electrons. The van der Waals surface area contributed by atoms with Gasteiger partial charge in [0.15, 0.2) is 0 Å². The maximum absolute atomic E-state index is 14.3. The molecular weight excluding hydrogens is 672 g/mol. The zero-order chi connectivity index (χ0) is 37.6. The van der Waals surface area contributed by atoms with Crippen LogP contribution < -0.4 is 9.47 Å². The summed E-state index contributed by atoms with van der Waals surface area (Å²) in [7, 11) is 0. The van der Waals surface area contributed by atoms with Crippen molar-refractivity contribution in [2.24, 2.45) is 22.9 Å². The van der Waals surface area contributed by atoms with Gasteiger partial charge in [-0.3, -0.25) is 4.90 Å². The van der Waals surface area contributed by atoms with Gasteiger partial charge in [0.1, 0.15) is 37.4 Å². The number of amides is 1. The molecule has 6 atom stereocenters. The van der Waals surface area contributed by atoms with Crippen LogP contribution in [0.4, 0.5) is 4.79 Å². The van der Waals surface area contributed by atoms with Gasteiger partial charge in [-0.05, 0) is 80.2 Å². The number of unbranched alkanes of at least 4 members (excludes halogenated alkanes) is 2. The van der Waals surface area contributed by atoms with Crippen molar-refractivity contribution in [2.75, 3.05) is 39.6 Å². The Morgan fingerprint density at radius 2 is 1.77 bits per heavy atom. The highest BCUT2D eigenvalue weighted by molar-refractivity contribution is 6.03. The van der Waals surface area contributed by atoms with E-state index in [1.165, 1.54) is 0 Å². The average Bonchev–Trinajstić information content (AvgIpc) is 3.18. The first kappa shape index (κ1) is 40.1. The van der Waals surface area contributed by atoms with Crippen LogP contribution >= 0.6 is 0 Å². The van der Waals surface area contributed by atoms with E-state index < -0.39 is 23.8 Å².